The molecular formula is C22H27N3O3. The first-order chi connectivity index (χ1) is 13.5. The van der Waals surface area contributed by atoms with Crippen LogP contribution in [0.5, 0.6) is 5.75 Å². The van der Waals surface area contributed by atoms with Crippen LogP contribution in [0.3, 0.4) is 0 Å². The van der Waals surface area contributed by atoms with Crippen LogP contribution >= 0.6 is 0 Å². The smallest absolute Gasteiger partial charge is 0.246 e. The van der Waals surface area contributed by atoms with Crippen LogP contribution in [0.1, 0.15) is 30.0 Å². The van der Waals surface area contributed by atoms with E-state index in [1.807, 2.05) is 55.5 Å². The van der Waals surface area contributed by atoms with E-state index in [0.29, 0.717) is 37.4 Å². The lowest BCUT2D eigenvalue weighted by Gasteiger charge is -2.36. The number of hydrogen-bond acceptors (Lipinski definition) is 4. The number of amides is 2. The third kappa shape index (κ3) is 4.51. The van der Waals surface area contributed by atoms with E-state index in [1.54, 1.807) is 7.11 Å². The number of nitrogens with zero attached hydrogens (tertiary/aromatic N) is 1. The molecule has 1 atom stereocenters. The summed E-state index contributed by atoms with van der Waals surface area (Å²) in [5, 5.41) is 3.03. The molecule has 0 radical (unpaired) electrons. The molecule has 148 valence electrons. The SMILES string of the molecule is COc1ccc(C)cc1NC(=O)[C@H](c1ccccc1)N1CCC(C(N)=O)CC1. The highest BCUT2D eigenvalue weighted by Crippen LogP contribution is 2.31. The van der Waals surface area contributed by atoms with Crippen molar-refractivity contribution in [3.63, 3.8) is 0 Å². The average Bonchev–Trinajstić information content (AvgIpc) is 2.69. The standard InChI is InChI=1S/C22H27N3O3/c1-15-8-9-19(28-2)18(14-15)24-22(27)20(16-6-4-3-5-7-16)25-12-10-17(11-13-25)21(23)26/h3-9,14,17,20H,10-13H2,1-2H3,(H2,23,26)(H,24,27)/t20-/m0/s1. The van der Waals surface area contributed by atoms with E-state index in [-0.39, 0.29) is 17.7 Å². The first-order valence-electron chi connectivity index (χ1n) is 9.53. The molecule has 3 N–H and O–H groups in total. The Morgan fingerprint density at radius 1 is 1.14 bits per heavy atom. The Morgan fingerprint density at radius 2 is 1.82 bits per heavy atom. The summed E-state index contributed by atoms with van der Waals surface area (Å²) in [4.78, 5) is 26.9. The Labute approximate surface area is 165 Å². The first-order valence-corrected chi connectivity index (χ1v) is 9.53. The molecule has 3 rings (SSSR count). The molecule has 0 aliphatic carbocycles. The summed E-state index contributed by atoms with van der Waals surface area (Å²) in [6.45, 7) is 3.26. The molecule has 2 aromatic rings. The van der Waals surface area contributed by atoms with E-state index in [4.69, 9.17) is 10.5 Å². The third-order valence-corrected chi connectivity index (χ3v) is 5.27. The second-order valence-electron chi connectivity index (χ2n) is 7.22. The van der Waals surface area contributed by atoms with Gasteiger partial charge in [-0.05, 0) is 56.1 Å². The number of aryl methyl sites for hydroxylation is 1. The fourth-order valence-electron chi connectivity index (χ4n) is 3.73. The summed E-state index contributed by atoms with van der Waals surface area (Å²) in [6.07, 6.45) is 1.33. The number of benzene rings is 2. The van der Waals surface area contributed by atoms with Gasteiger partial charge in [-0.1, -0.05) is 36.4 Å². The van der Waals surface area contributed by atoms with Crippen molar-refractivity contribution in [1.29, 1.82) is 0 Å². The predicted octanol–water partition coefficient (Wildman–Crippen LogP) is 2.88. The summed E-state index contributed by atoms with van der Waals surface area (Å²) >= 11 is 0. The summed E-state index contributed by atoms with van der Waals surface area (Å²) < 4.78 is 5.39. The van der Waals surface area contributed by atoms with Crippen molar-refractivity contribution in [2.24, 2.45) is 11.7 Å². The molecule has 1 aliphatic rings. The van der Waals surface area contributed by atoms with E-state index in [9.17, 15) is 9.59 Å². The van der Waals surface area contributed by atoms with Crippen LogP contribution in [-0.4, -0.2) is 36.9 Å². The quantitative estimate of drug-likeness (QED) is 0.806. The molecule has 2 aromatic carbocycles. The number of hydrogen-bond donors (Lipinski definition) is 2. The molecule has 1 heterocycles. The van der Waals surface area contributed by atoms with Crippen molar-refractivity contribution < 1.29 is 14.3 Å². The topological polar surface area (TPSA) is 84.7 Å². The Hall–Kier alpha value is -2.86. The highest BCUT2D eigenvalue weighted by atomic mass is 16.5. The first kappa shape index (κ1) is 19.9. The van der Waals surface area contributed by atoms with Crippen LogP contribution in [0, 0.1) is 12.8 Å². The van der Waals surface area contributed by atoms with Crippen LogP contribution in [0.2, 0.25) is 0 Å². The van der Waals surface area contributed by atoms with Gasteiger partial charge in [0, 0.05) is 5.92 Å². The van der Waals surface area contributed by atoms with Gasteiger partial charge in [-0.15, -0.1) is 0 Å². The molecule has 2 amide bonds. The minimum absolute atomic E-state index is 0.118. The van der Waals surface area contributed by atoms with Gasteiger partial charge < -0.3 is 15.8 Å². The maximum atomic E-state index is 13.3. The number of nitrogens with one attached hydrogen (secondary N) is 1. The van der Waals surface area contributed by atoms with Crippen LogP contribution in [0.25, 0.3) is 0 Å². The van der Waals surface area contributed by atoms with E-state index in [1.165, 1.54) is 0 Å². The molecule has 1 saturated heterocycles. The molecular weight excluding hydrogens is 354 g/mol. The van der Waals surface area contributed by atoms with Crippen LogP contribution in [0.15, 0.2) is 48.5 Å². The van der Waals surface area contributed by atoms with Crippen LogP contribution < -0.4 is 15.8 Å². The lowest BCUT2D eigenvalue weighted by Crippen LogP contribution is -2.44. The average molecular weight is 381 g/mol. The van der Waals surface area contributed by atoms with E-state index >= 15 is 0 Å². The molecule has 0 bridgehead atoms. The summed E-state index contributed by atoms with van der Waals surface area (Å²) in [5.74, 6) is 0.128. The highest BCUT2D eigenvalue weighted by molar-refractivity contribution is 5.97. The monoisotopic (exact) mass is 381 g/mol. The van der Waals surface area contributed by atoms with Crippen LogP contribution in [0.4, 0.5) is 5.69 Å². The number of primary amides is 1. The summed E-state index contributed by atoms with van der Waals surface area (Å²) in [6, 6.07) is 15.0. The van der Waals surface area contributed by atoms with E-state index < -0.39 is 6.04 Å². The van der Waals surface area contributed by atoms with Gasteiger partial charge in [0.2, 0.25) is 11.8 Å². The number of likely N-dealkylation sites (tertiary alicyclic amines) is 1. The minimum atomic E-state index is -0.444. The Bertz CT molecular complexity index is 830. The number of methoxy groups -OCH3 is 1. The highest BCUT2D eigenvalue weighted by Gasteiger charge is 2.32. The second kappa shape index (κ2) is 8.89. The van der Waals surface area contributed by atoms with Crippen molar-refractivity contribution in [2.45, 2.75) is 25.8 Å². The van der Waals surface area contributed by atoms with E-state index in [2.05, 4.69) is 10.2 Å². The van der Waals surface area contributed by atoms with Gasteiger partial charge in [-0.25, -0.2) is 0 Å². The Morgan fingerprint density at radius 3 is 2.43 bits per heavy atom. The molecule has 0 aromatic heterocycles. The van der Waals surface area contributed by atoms with Gasteiger partial charge in [0.25, 0.3) is 0 Å². The Kier molecular flexibility index (Phi) is 6.31. The van der Waals surface area contributed by atoms with E-state index in [0.717, 1.165) is 11.1 Å². The molecule has 6 nitrogen and oxygen atoms in total. The molecule has 6 heteroatoms. The summed E-state index contributed by atoms with van der Waals surface area (Å²) in [5.41, 5.74) is 8.07. The largest absolute Gasteiger partial charge is 0.495 e. The number of rotatable bonds is 6. The maximum Gasteiger partial charge on any atom is 0.246 e. The summed E-state index contributed by atoms with van der Waals surface area (Å²) in [7, 11) is 1.59. The van der Waals surface area contributed by atoms with Gasteiger partial charge in [-0.3, -0.25) is 14.5 Å². The molecule has 28 heavy (non-hydrogen) atoms. The van der Waals surface area contributed by atoms with Crippen molar-refractivity contribution in [2.75, 3.05) is 25.5 Å². The zero-order valence-electron chi connectivity index (χ0n) is 16.4. The minimum Gasteiger partial charge on any atom is -0.495 e. The van der Waals surface area contributed by atoms with Crippen molar-refractivity contribution >= 4 is 17.5 Å². The van der Waals surface area contributed by atoms with Crippen molar-refractivity contribution in [1.82, 2.24) is 4.90 Å². The lowest BCUT2D eigenvalue weighted by atomic mass is 9.93. The van der Waals surface area contributed by atoms with Gasteiger partial charge in [0.1, 0.15) is 11.8 Å². The van der Waals surface area contributed by atoms with Crippen LogP contribution in [-0.2, 0) is 9.59 Å². The molecule has 0 unspecified atom stereocenters. The second-order valence-corrected chi connectivity index (χ2v) is 7.22. The van der Waals surface area contributed by atoms with Crippen molar-refractivity contribution in [3.8, 4) is 5.75 Å². The fourth-order valence-corrected chi connectivity index (χ4v) is 3.73. The zero-order valence-corrected chi connectivity index (χ0v) is 16.4. The number of anilines is 1. The fraction of sp³-hybridized carbons (Fsp3) is 0.364. The normalized spacial score (nSPS) is 16.4. The van der Waals surface area contributed by atoms with Gasteiger partial charge in [0.05, 0.1) is 12.8 Å². The molecule has 0 saturated carbocycles. The van der Waals surface area contributed by atoms with Gasteiger partial charge >= 0.3 is 0 Å². The van der Waals surface area contributed by atoms with Gasteiger partial charge in [-0.2, -0.15) is 0 Å². The van der Waals surface area contributed by atoms with Gasteiger partial charge in [0.15, 0.2) is 0 Å². The number of nitrogens with two attached hydrogens (primary N) is 1. The predicted molar refractivity (Wildman–Crippen MR) is 109 cm³/mol. The third-order valence-electron chi connectivity index (χ3n) is 5.27. The molecule has 0 spiro atoms. The number of piperidine rings is 1. The molecule has 1 fully saturated rings. The number of carbonyl (C=O) groups is 2. The number of carbonyl (C=O) groups excluding carboxylic acids is 2. The molecule has 1 aliphatic heterocycles. The lowest BCUT2D eigenvalue weighted by molar-refractivity contribution is -0.125. The maximum absolute atomic E-state index is 13.3. The van der Waals surface area contributed by atoms with Crippen molar-refractivity contribution in [3.05, 3.63) is 59.7 Å². The number of ether oxygens (including phenoxy) is 1. The Balaban J connectivity index is 1.85. The zero-order chi connectivity index (χ0) is 20.1.